The van der Waals surface area contributed by atoms with E-state index in [0.717, 1.165) is 11.3 Å². The summed E-state index contributed by atoms with van der Waals surface area (Å²) < 4.78 is 20.5. The molecule has 0 unspecified atom stereocenters. The summed E-state index contributed by atoms with van der Waals surface area (Å²) in [6, 6.07) is 9.54. The maximum absolute atomic E-state index is 12.6. The first-order valence-corrected chi connectivity index (χ1v) is 10.3. The van der Waals surface area contributed by atoms with Crippen LogP contribution in [0.5, 0.6) is 0 Å². The smallest absolute Gasteiger partial charge is 0.330 e. The molecule has 0 bridgehead atoms. The van der Waals surface area contributed by atoms with Crippen LogP contribution < -0.4 is 11.2 Å². The molecule has 0 radical (unpaired) electrons. The van der Waals surface area contributed by atoms with Gasteiger partial charge in [-0.15, -0.1) is 5.10 Å². The molecule has 168 valence electrons. The van der Waals surface area contributed by atoms with E-state index in [1.54, 1.807) is 24.7 Å². The molecule has 2 fully saturated rings. The number of aliphatic hydroxyl groups is 1. The lowest BCUT2D eigenvalue weighted by molar-refractivity contribution is -0.200. The summed E-state index contributed by atoms with van der Waals surface area (Å²) in [7, 11) is 0. The number of aromatic nitrogens is 5. The SMILES string of the molecule is CC1(C)O[C@@H]2[C@H](O1)[C@@H](CO)O[C@H]2n1cc(Cn2nncc2-c2ccccc2)c(=O)[nH]c1=O. The van der Waals surface area contributed by atoms with Gasteiger partial charge < -0.3 is 19.3 Å². The molecule has 2 saturated heterocycles. The Hall–Kier alpha value is -3.12. The van der Waals surface area contributed by atoms with Gasteiger partial charge in [0.25, 0.3) is 5.56 Å². The van der Waals surface area contributed by atoms with Crippen molar-refractivity contribution < 1.29 is 19.3 Å². The second-order valence-electron chi connectivity index (χ2n) is 8.28. The Balaban J connectivity index is 1.50. The van der Waals surface area contributed by atoms with E-state index in [4.69, 9.17) is 14.2 Å². The average molecular weight is 441 g/mol. The zero-order valence-corrected chi connectivity index (χ0v) is 17.5. The molecule has 0 spiro atoms. The summed E-state index contributed by atoms with van der Waals surface area (Å²) in [5.41, 5.74) is 0.746. The third-order valence-corrected chi connectivity index (χ3v) is 5.63. The molecule has 0 saturated carbocycles. The van der Waals surface area contributed by atoms with Gasteiger partial charge in [0.05, 0.1) is 30.6 Å². The van der Waals surface area contributed by atoms with Crippen molar-refractivity contribution in [1.29, 1.82) is 0 Å². The van der Waals surface area contributed by atoms with Crippen LogP contribution in [-0.2, 0) is 20.8 Å². The molecule has 2 aliphatic heterocycles. The standard InChI is InChI=1S/C21H23N5O6/c1-21(2)31-16-15(11-27)30-19(17(16)32-21)25-9-13(18(28)23-20(25)29)10-26-14(8-22-24-26)12-6-4-3-5-7-12/h3-9,15-17,19,27H,10-11H2,1-2H3,(H,23,28,29)/t15-,16-,17-,19-/m1/s1. The largest absolute Gasteiger partial charge is 0.394 e. The molecule has 3 aromatic rings. The molecule has 0 aliphatic carbocycles. The molecule has 1 aromatic carbocycles. The minimum absolute atomic E-state index is 0.0902. The van der Waals surface area contributed by atoms with Crippen molar-refractivity contribution in [3.63, 3.8) is 0 Å². The van der Waals surface area contributed by atoms with E-state index < -0.39 is 41.6 Å². The quantitative estimate of drug-likeness (QED) is 0.576. The van der Waals surface area contributed by atoms with Crippen LogP contribution in [0.25, 0.3) is 11.3 Å². The van der Waals surface area contributed by atoms with Gasteiger partial charge in [-0.3, -0.25) is 14.3 Å². The van der Waals surface area contributed by atoms with E-state index >= 15 is 0 Å². The van der Waals surface area contributed by atoms with Gasteiger partial charge in [0.15, 0.2) is 12.0 Å². The van der Waals surface area contributed by atoms with Crippen LogP contribution in [0.3, 0.4) is 0 Å². The first-order valence-electron chi connectivity index (χ1n) is 10.3. The number of H-pyrrole nitrogens is 1. The number of hydrogen-bond acceptors (Lipinski definition) is 8. The number of fused-ring (bicyclic) bond motifs is 1. The fraction of sp³-hybridized carbons (Fsp3) is 0.429. The molecular formula is C21H23N5O6. The molecule has 2 aromatic heterocycles. The monoisotopic (exact) mass is 441 g/mol. The summed E-state index contributed by atoms with van der Waals surface area (Å²) >= 11 is 0. The van der Waals surface area contributed by atoms with Crippen molar-refractivity contribution in [1.82, 2.24) is 24.5 Å². The number of nitrogens with zero attached hydrogens (tertiary/aromatic N) is 4. The van der Waals surface area contributed by atoms with Crippen LogP contribution in [0.2, 0.25) is 0 Å². The third kappa shape index (κ3) is 3.58. The van der Waals surface area contributed by atoms with Crippen LogP contribution in [-0.4, -0.2) is 60.4 Å². The lowest BCUT2D eigenvalue weighted by atomic mass is 10.1. The van der Waals surface area contributed by atoms with Crippen molar-refractivity contribution in [3.8, 4) is 11.3 Å². The lowest BCUT2D eigenvalue weighted by Gasteiger charge is -2.24. The Morgan fingerprint density at radius 2 is 1.91 bits per heavy atom. The molecule has 4 atom stereocenters. The number of aliphatic hydroxyl groups excluding tert-OH is 1. The maximum Gasteiger partial charge on any atom is 0.330 e. The molecule has 2 N–H and O–H groups in total. The number of rotatable bonds is 5. The predicted octanol–water partition coefficient (Wildman–Crippen LogP) is 0.253. The van der Waals surface area contributed by atoms with Crippen molar-refractivity contribution in [2.45, 2.75) is 50.7 Å². The van der Waals surface area contributed by atoms with Crippen LogP contribution in [0.15, 0.2) is 52.3 Å². The number of ether oxygens (including phenoxy) is 3. The number of aromatic amines is 1. The summed E-state index contributed by atoms with van der Waals surface area (Å²) in [6.45, 7) is 3.32. The van der Waals surface area contributed by atoms with Crippen molar-refractivity contribution in [2.75, 3.05) is 6.61 Å². The molecule has 32 heavy (non-hydrogen) atoms. The maximum atomic E-state index is 12.6. The molecule has 4 heterocycles. The predicted molar refractivity (Wildman–Crippen MR) is 111 cm³/mol. The van der Waals surface area contributed by atoms with Gasteiger partial charge in [0.1, 0.15) is 18.3 Å². The first-order chi connectivity index (χ1) is 15.4. The Morgan fingerprint density at radius 3 is 2.66 bits per heavy atom. The molecular weight excluding hydrogens is 418 g/mol. The van der Waals surface area contributed by atoms with Crippen LogP contribution in [0.1, 0.15) is 25.6 Å². The zero-order chi connectivity index (χ0) is 22.5. The molecule has 0 amide bonds. The fourth-order valence-corrected chi connectivity index (χ4v) is 4.23. The van der Waals surface area contributed by atoms with E-state index in [9.17, 15) is 14.7 Å². The zero-order valence-electron chi connectivity index (χ0n) is 17.5. The summed E-state index contributed by atoms with van der Waals surface area (Å²) in [4.78, 5) is 27.6. The van der Waals surface area contributed by atoms with Crippen molar-refractivity contribution >= 4 is 0 Å². The van der Waals surface area contributed by atoms with E-state index in [1.807, 2.05) is 30.3 Å². The van der Waals surface area contributed by atoms with E-state index in [-0.39, 0.29) is 18.7 Å². The van der Waals surface area contributed by atoms with E-state index in [0.29, 0.717) is 0 Å². The van der Waals surface area contributed by atoms with Gasteiger partial charge in [-0.1, -0.05) is 35.5 Å². The molecule has 11 heteroatoms. The second kappa shape index (κ2) is 7.78. The minimum Gasteiger partial charge on any atom is -0.394 e. The van der Waals surface area contributed by atoms with Gasteiger partial charge >= 0.3 is 5.69 Å². The highest BCUT2D eigenvalue weighted by Crippen LogP contribution is 2.42. The van der Waals surface area contributed by atoms with Gasteiger partial charge in [0.2, 0.25) is 0 Å². The molecule has 2 aliphatic rings. The highest BCUT2D eigenvalue weighted by Gasteiger charge is 2.55. The number of hydrogen-bond donors (Lipinski definition) is 2. The van der Waals surface area contributed by atoms with Crippen molar-refractivity contribution in [2.24, 2.45) is 0 Å². The van der Waals surface area contributed by atoms with Crippen molar-refractivity contribution in [3.05, 3.63) is 69.1 Å². The molecule has 5 rings (SSSR count). The fourth-order valence-electron chi connectivity index (χ4n) is 4.23. The Kier molecular flexibility index (Phi) is 5.05. The van der Waals surface area contributed by atoms with Crippen LogP contribution in [0, 0.1) is 0 Å². The summed E-state index contributed by atoms with van der Waals surface area (Å²) in [6.07, 6.45) is 0.364. The van der Waals surface area contributed by atoms with E-state index in [2.05, 4.69) is 15.3 Å². The summed E-state index contributed by atoms with van der Waals surface area (Å²) in [5.74, 6) is -0.884. The van der Waals surface area contributed by atoms with Gasteiger partial charge in [0, 0.05) is 11.8 Å². The lowest BCUT2D eigenvalue weighted by Crippen LogP contribution is -2.39. The second-order valence-corrected chi connectivity index (χ2v) is 8.28. The number of benzene rings is 1. The van der Waals surface area contributed by atoms with E-state index in [1.165, 1.54) is 10.8 Å². The Labute approximate surface area is 182 Å². The highest BCUT2D eigenvalue weighted by molar-refractivity contribution is 5.58. The Morgan fingerprint density at radius 1 is 1.16 bits per heavy atom. The first kappa shape index (κ1) is 20.8. The number of nitrogens with one attached hydrogen (secondary N) is 1. The van der Waals surface area contributed by atoms with Gasteiger partial charge in [-0.05, 0) is 13.8 Å². The topological polar surface area (TPSA) is 133 Å². The van der Waals surface area contributed by atoms with Gasteiger partial charge in [-0.2, -0.15) is 0 Å². The normalized spacial score (nSPS) is 26.3. The minimum atomic E-state index is -0.884. The third-order valence-electron chi connectivity index (χ3n) is 5.63. The highest BCUT2D eigenvalue weighted by atomic mass is 16.8. The van der Waals surface area contributed by atoms with Gasteiger partial charge in [-0.25, -0.2) is 9.48 Å². The van der Waals surface area contributed by atoms with Crippen LogP contribution >= 0.6 is 0 Å². The summed E-state index contributed by atoms with van der Waals surface area (Å²) in [5, 5.41) is 17.8. The Bertz CT molecular complexity index is 1230. The molecule has 11 nitrogen and oxygen atoms in total. The average Bonchev–Trinajstić information content (AvgIpc) is 3.43. The van der Waals surface area contributed by atoms with Crippen LogP contribution in [0.4, 0.5) is 0 Å².